The van der Waals surface area contributed by atoms with E-state index >= 15 is 0 Å². The molecule has 6 heteroatoms. The van der Waals surface area contributed by atoms with E-state index in [1.54, 1.807) is 35.7 Å². The number of halogens is 1. The smallest absolute Gasteiger partial charge is 0.250 e. The van der Waals surface area contributed by atoms with Gasteiger partial charge in [0.1, 0.15) is 5.01 Å². The Hall–Kier alpha value is -1.59. The number of nitrogens with two attached hydrogens (primary N) is 1. The van der Waals surface area contributed by atoms with Crippen LogP contribution in [0.3, 0.4) is 0 Å². The highest BCUT2D eigenvalue weighted by atomic mass is 35.5. The first-order valence-corrected chi connectivity index (χ1v) is 6.59. The van der Waals surface area contributed by atoms with Gasteiger partial charge in [0, 0.05) is 17.3 Å². The Morgan fingerprint density at radius 3 is 2.89 bits per heavy atom. The van der Waals surface area contributed by atoms with E-state index in [1.165, 1.54) is 0 Å². The Kier molecular flexibility index (Phi) is 3.84. The van der Waals surface area contributed by atoms with Gasteiger partial charge in [0.2, 0.25) is 5.91 Å². The van der Waals surface area contributed by atoms with Crippen molar-refractivity contribution < 1.29 is 4.79 Å². The molecule has 3 N–H and O–H groups in total. The quantitative estimate of drug-likeness (QED) is 0.905. The minimum atomic E-state index is -0.528. The Balaban J connectivity index is 2.15. The normalized spacial score (nSPS) is 12.1. The van der Waals surface area contributed by atoms with Crippen LogP contribution < -0.4 is 11.1 Å². The summed E-state index contributed by atoms with van der Waals surface area (Å²) in [6, 6.07) is 5.16. The van der Waals surface area contributed by atoms with E-state index in [9.17, 15) is 4.79 Å². The maximum absolute atomic E-state index is 11.1. The number of hydrogen-bond acceptors (Lipinski definition) is 4. The van der Waals surface area contributed by atoms with Crippen molar-refractivity contribution in [2.45, 2.75) is 13.0 Å². The third-order valence-corrected chi connectivity index (χ3v) is 3.71. The third kappa shape index (κ3) is 2.80. The second-order valence-electron chi connectivity index (χ2n) is 3.80. The van der Waals surface area contributed by atoms with E-state index in [1.807, 2.05) is 12.3 Å². The predicted octanol–water partition coefficient (Wildman–Crippen LogP) is 3.07. The molecule has 18 heavy (non-hydrogen) atoms. The summed E-state index contributed by atoms with van der Waals surface area (Å²) in [6.45, 7) is 2.01. The van der Waals surface area contributed by atoms with E-state index in [-0.39, 0.29) is 6.04 Å². The fourth-order valence-corrected chi connectivity index (χ4v) is 2.48. The molecule has 4 nitrogen and oxygen atoms in total. The third-order valence-electron chi connectivity index (χ3n) is 2.44. The Labute approximate surface area is 114 Å². The first-order chi connectivity index (χ1) is 8.58. The van der Waals surface area contributed by atoms with Gasteiger partial charge < -0.3 is 11.1 Å². The molecule has 0 spiro atoms. The number of thiazole rings is 1. The molecule has 2 rings (SSSR count). The van der Waals surface area contributed by atoms with Gasteiger partial charge in [0.05, 0.1) is 16.6 Å². The van der Waals surface area contributed by atoms with Crippen molar-refractivity contribution in [2.24, 2.45) is 5.73 Å². The summed E-state index contributed by atoms with van der Waals surface area (Å²) in [6.07, 6.45) is 1.77. The fraction of sp³-hybridized carbons (Fsp3) is 0.167. The van der Waals surface area contributed by atoms with Crippen molar-refractivity contribution in [1.82, 2.24) is 4.98 Å². The maximum Gasteiger partial charge on any atom is 0.250 e. The van der Waals surface area contributed by atoms with E-state index in [0.29, 0.717) is 10.6 Å². The molecule has 0 saturated carbocycles. The van der Waals surface area contributed by atoms with Crippen LogP contribution in [-0.4, -0.2) is 10.9 Å². The average molecular weight is 282 g/mol. The number of aromatic nitrogens is 1. The number of primary amides is 1. The van der Waals surface area contributed by atoms with Crippen molar-refractivity contribution in [3.05, 3.63) is 45.4 Å². The van der Waals surface area contributed by atoms with Crippen LogP contribution in [0.15, 0.2) is 29.8 Å². The molecular weight excluding hydrogens is 270 g/mol. The standard InChI is InChI=1S/C12H12ClN3OS/c1-7(12-15-4-5-18-12)16-8-2-3-9(11(14)17)10(13)6-8/h2-7,16H,1H3,(H2,14,17). The lowest BCUT2D eigenvalue weighted by molar-refractivity contribution is 0.100. The number of carbonyl (C=O) groups is 1. The van der Waals surface area contributed by atoms with Crippen molar-refractivity contribution in [3.63, 3.8) is 0 Å². The zero-order chi connectivity index (χ0) is 13.1. The number of nitrogens with one attached hydrogen (secondary N) is 1. The van der Waals surface area contributed by atoms with Gasteiger partial charge in [-0.3, -0.25) is 4.79 Å². The zero-order valence-electron chi connectivity index (χ0n) is 9.68. The van der Waals surface area contributed by atoms with Crippen LogP contribution in [-0.2, 0) is 0 Å². The first kappa shape index (κ1) is 12.9. The summed E-state index contributed by atoms with van der Waals surface area (Å²) in [4.78, 5) is 15.3. The van der Waals surface area contributed by atoms with E-state index in [2.05, 4.69) is 10.3 Å². The SMILES string of the molecule is CC(Nc1ccc(C(N)=O)c(Cl)c1)c1nccs1. The van der Waals surface area contributed by atoms with E-state index < -0.39 is 5.91 Å². The fourth-order valence-electron chi connectivity index (χ4n) is 1.56. The number of carbonyl (C=O) groups excluding carboxylic acids is 1. The van der Waals surface area contributed by atoms with Crippen LogP contribution in [0.1, 0.15) is 28.3 Å². The molecule has 0 radical (unpaired) electrons. The van der Waals surface area contributed by atoms with Gasteiger partial charge in [0.15, 0.2) is 0 Å². The monoisotopic (exact) mass is 281 g/mol. The van der Waals surface area contributed by atoms with Gasteiger partial charge in [-0.05, 0) is 25.1 Å². The molecule has 0 aliphatic rings. The van der Waals surface area contributed by atoms with Crippen molar-refractivity contribution in [2.75, 3.05) is 5.32 Å². The van der Waals surface area contributed by atoms with E-state index in [0.717, 1.165) is 10.7 Å². The lowest BCUT2D eigenvalue weighted by Gasteiger charge is -2.13. The number of anilines is 1. The van der Waals surface area contributed by atoms with Crippen LogP contribution in [0.4, 0.5) is 5.69 Å². The molecule has 1 unspecified atom stereocenters. The van der Waals surface area contributed by atoms with Gasteiger partial charge in [-0.1, -0.05) is 11.6 Å². The average Bonchev–Trinajstić information content (AvgIpc) is 2.81. The number of benzene rings is 1. The van der Waals surface area contributed by atoms with Gasteiger partial charge in [-0.15, -0.1) is 11.3 Å². The van der Waals surface area contributed by atoms with Crippen molar-refractivity contribution in [3.8, 4) is 0 Å². The molecule has 0 aliphatic carbocycles. The topological polar surface area (TPSA) is 68.0 Å². The minimum Gasteiger partial charge on any atom is -0.376 e. The van der Waals surface area contributed by atoms with Crippen molar-refractivity contribution in [1.29, 1.82) is 0 Å². The Morgan fingerprint density at radius 2 is 2.33 bits per heavy atom. The molecule has 1 aromatic carbocycles. The maximum atomic E-state index is 11.1. The van der Waals surface area contributed by atoms with E-state index in [4.69, 9.17) is 17.3 Å². The molecule has 94 valence electrons. The lowest BCUT2D eigenvalue weighted by Crippen LogP contribution is -2.12. The summed E-state index contributed by atoms with van der Waals surface area (Å²) in [7, 11) is 0. The number of nitrogens with zero attached hydrogens (tertiary/aromatic N) is 1. The van der Waals surface area contributed by atoms with Gasteiger partial charge in [0.25, 0.3) is 0 Å². The molecule has 1 amide bonds. The summed E-state index contributed by atoms with van der Waals surface area (Å²) in [5.74, 6) is -0.528. The Morgan fingerprint density at radius 1 is 1.56 bits per heavy atom. The molecule has 0 aliphatic heterocycles. The number of amides is 1. The highest BCUT2D eigenvalue weighted by molar-refractivity contribution is 7.09. The Bertz CT molecular complexity index is 556. The highest BCUT2D eigenvalue weighted by Crippen LogP contribution is 2.25. The van der Waals surface area contributed by atoms with Crippen LogP contribution >= 0.6 is 22.9 Å². The summed E-state index contributed by atoms with van der Waals surface area (Å²) in [5.41, 5.74) is 6.34. The van der Waals surface area contributed by atoms with Gasteiger partial charge >= 0.3 is 0 Å². The number of hydrogen-bond donors (Lipinski definition) is 2. The molecule has 0 bridgehead atoms. The first-order valence-electron chi connectivity index (χ1n) is 5.33. The van der Waals surface area contributed by atoms with Crippen LogP contribution in [0.25, 0.3) is 0 Å². The van der Waals surface area contributed by atoms with Gasteiger partial charge in [-0.25, -0.2) is 4.98 Å². The van der Waals surface area contributed by atoms with Crippen molar-refractivity contribution >= 4 is 34.5 Å². The van der Waals surface area contributed by atoms with Crippen LogP contribution in [0.5, 0.6) is 0 Å². The second kappa shape index (κ2) is 5.37. The zero-order valence-corrected chi connectivity index (χ0v) is 11.3. The molecule has 0 fully saturated rings. The molecule has 0 saturated heterocycles. The molecule has 1 atom stereocenters. The van der Waals surface area contributed by atoms with Crippen LogP contribution in [0, 0.1) is 0 Å². The largest absolute Gasteiger partial charge is 0.376 e. The van der Waals surface area contributed by atoms with Crippen LogP contribution in [0.2, 0.25) is 5.02 Å². The summed E-state index contributed by atoms with van der Waals surface area (Å²) < 4.78 is 0. The van der Waals surface area contributed by atoms with Gasteiger partial charge in [-0.2, -0.15) is 0 Å². The minimum absolute atomic E-state index is 0.0838. The number of rotatable bonds is 4. The molecular formula is C12H12ClN3OS. The highest BCUT2D eigenvalue weighted by Gasteiger charge is 2.10. The second-order valence-corrected chi connectivity index (χ2v) is 5.13. The molecule has 2 aromatic rings. The summed E-state index contributed by atoms with van der Waals surface area (Å²) in [5, 5.41) is 6.53. The molecule has 1 aromatic heterocycles. The predicted molar refractivity (Wildman–Crippen MR) is 74.1 cm³/mol. The summed E-state index contributed by atoms with van der Waals surface area (Å²) >= 11 is 7.56. The lowest BCUT2D eigenvalue weighted by atomic mass is 10.2. The molecule has 1 heterocycles.